The number of piperazine rings is 1. The number of carboxylic acid groups (broad SMARTS) is 1. The number of hydrogen-bond acceptors (Lipinski definition) is 9. The molecule has 3 rings (SSSR count). The van der Waals surface area contributed by atoms with Gasteiger partial charge in [0.1, 0.15) is 16.8 Å². The summed E-state index contributed by atoms with van der Waals surface area (Å²) in [4.78, 5) is 63.2. The summed E-state index contributed by atoms with van der Waals surface area (Å²) in [6, 6.07) is 9.80. The molecule has 1 fully saturated rings. The Hall–Kier alpha value is -3.49. The Balaban J connectivity index is 1.85. The molecule has 1 aliphatic rings. The van der Waals surface area contributed by atoms with Crippen molar-refractivity contribution >= 4 is 44.0 Å². The lowest BCUT2D eigenvalue weighted by Crippen LogP contribution is -2.56. The third-order valence-corrected chi connectivity index (χ3v) is 14.4. The zero-order valence-corrected chi connectivity index (χ0v) is 30.6. The summed E-state index contributed by atoms with van der Waals surface area (Å²) < 4.78 is 11.7. The van der Waals surface area contributed by atoms with Crippen molar-refractivity contribution in [1.29, 1.82) is 0 Å². The Kier molecular flexibility index (Phi) is 13.4. The number of carbonyl (C=O) groups is 4. The summed E-state index contributed by atoms with van der Waals surface area (Å²) in [5, 5.41) is 12.7. The first-order valence-electron chi connectivity index (χ1n) is 16.0. The van der Waals surface area contributed by atoms with E-state index in [1.807, 2.05) is 30.3 Å². The third kappa shape index (κ3) is 10.8. The Morgan fingerprint density at radius 1 is 1.02 bits per heavy atom. The molecule has 2 aromatic rings. The number of thioether (sulfide) groups is 1. The van der Waals surface area contributed by atoms with Crippen LogP contribution in [0.25, 0.3) is 11.4 Å². The van der Waals surface area contributed by atoms with E-state index in [0.717, 1.165) is 5.56 Å². The highest BCUT2D eigenvalue weighted by Crippen LogP contribution is 2.39. The van der Waals surface area contributed by atoms with Gasteiger partial charge < -0.3 is 29.4 Å². The van der Waals surface area contributed by atoms with Crippen LogP contribution in [-0.2, 0) is 18.8 Å². The molecule has 1 aliphatic heterocycles. The molecule has 0 aliphatic carbocycles. The van der Waals surface area contributed by atoms with Crippen LogP contribution < -0.4 is 5.32 Å². The fourth-order valence-electron chi connectivity index (χ4n) is 4.64. The number of nitrogens with one attached hydrogen (secondary N) is 1. The van der Waals surface area contributed by atoms with Gasteiger partial charge in [0.25, 0.3) is 5.91 Å². The van der Waals surface area contributed by atoms with Crippen LogP contribution in [0.15, 0.2) is 41.4 Å². The largest absolute Gasteiger partial charge is 0.481 e. The molecule has 1 aromatic carbocycles. The number of aliphatic carboxylic acids is 1. The van der Waals surface area contributed by atoms with Gasteiger partial charge in [0.05, 0.1) is 12.7 Å². The van der Waals surface area contributed by atoms with Crippen LogP contribution in [-0.4, -0.2) is 107 Å². The second kappa shape index (κ2) is 16.6. The molecule has 0 bridgehead atoms. The summed E-state index contributed by atoms with van der Waals surface area (Å²) >= 11 is 1.48. The van der Waals surface area contributed by atoms with Gasteiger partial charge >= 0.3 is 12.1 Å². The molecule has 0 radical (unpaired) electrons. The second-order valence-corrected chi connectivity index (χ2v) is 19.3. The first kappa shape index (κ1) is 38.0. The number of rotatable bonds is 13. The standard InChI is InChI=1S/C33H49N5O7SSi/c1-9-44-32(43)38-19-17-37(18-20-38)31(42)25(15-16-28(39)40)35-30(41)26-21-27(36-29(34-26)24-13-11-10-12-14-24)46-23(3)22(2)45-47(7,8)33(4,5)6/h10-14,21-23,25H,9,15-20H2,1-8H3,(H,35,41)(H,39,40)/t22?,23-,25?/m0/s1. The van der Waals surface area contributed by atoms with E-state index in [9.17, 15) is 24.3 Å². The minimum absolute atomic E-state index is 0.00303. The van der Waals surface area contributed by atoms with E-state index in [2.05, 4.69) is 58.0 Å². The first-order chi connectivity index (χ1) is 22.0. The van der Waals surface area contributed by atoms with Crippen molar-refractivity contribution < 1.29 is 33.4 Å². The third-order valence-electron chi connectivity index (χ3n) is 8.59. The van der Waals surface area contributed by atoms with E-state index in [0.29, 0.717) is 10.9 Å². The molecule has 0 spiro atoms. The Morgan fingerprint density at radius 2 is 1.64 bits per heavy atom. The van der Waals surface area contributed by atoms with Gasteiger partial charge in [-0.15, -0.1) is 11.8 Å². The van der Waals surface area contributed by atoms with Crippen LogP contribution in [0.4, 0.5) is 4.79 Å². The van der Waals surface area contributed by atoms with Gasteiger partial charge in [-0.25, -0.2) is 14.8 Å². The van der Waals surface area contributed by atoms with Crippen molar-refractivity contribution in [1.82, 2.24) is 25.1 Å². The molecule has 1 saturated heterocycles. The molecule has 12 nitrogen and oxygen atoms in total. The minimum atomic E-state index is -2.03. The summed E-state index contributed by atoms with van der Waals surface area (Å²) in [7, 11) is -2.03. The molecule has 0 saturated carbocycles. The van der Waals surface area contributed by atoms with Crippen molar-refractivity contribution in [3.63, 3.8) is 0 Å². The number of amides is 3. The average Bonchev–Trinajstić information content (AvgIpc) is 3.02. The molecular formula is C33H49N5O7SSi. The monoisotopic (exact) mass is 687 g/mol. The van der Waals surface area contributed by atoms with E-state index in [-0.39, 0.29) is 67.7 Å². The molecule has 2 heterocycles. The highest BCUT2D eigenvalue weighted by atomic mass is 32.2. The highest BCUT2D eigenvalue weighted by molar-refractivity contribution is 7.99. The van der Waals surface area contributed by atoms with Gasteiger partial charge in [-0.05, 0) is 38.4 Å². The van der Waals surface area contributed by atoms with Gasteiger partial charge in [0, 0.05) is 49.5 Å². The van der Waals surface area contributed by atoms with Crippen molar-refractivity contribution in [3.05, 3.63) is 42.1 Å². The Labute approximate surface area is 283 Å². The Morgan fingerprint density at radius 3 is 2.21 bits per heavy atom. The minimum Gasteiger partial charge on any atom is -0.481 e. The van der Waals surface area contributed by atoms with Gasteiger partial charge in [-0.1, -0.05) is 58.0 Å². The SMILES string of the molecule is CCOC(=O)N1CCN(C(=O)C(CCC(=O)O)NC(=O)c2cc(S[C@@H](C)C(C)O[Si](C)(C)C(C)(C)C)nc(-c3ccccc3)n2)CC1. The predicted molar refractivity (Wildman–Crippen MR) is 184 cm³/mol. The van der Waals surface area contributed by atoms with E-state index in [1.54, 1.807) is 13.0 Å². The van der Waals surface area contributed by atoms with Gasteiger partial charge in [-0.3, -0.25) is 14.4 Å². The normalized spacial score (nSPS) is 15.8. The molecule has 258 valence electrons. The van der Waals surface area contributed by atoms with E-state index < -0.39 is 38.2 Å². The number of nitrogens with zero attached hydrogens (tertiary/aromatic N) is 4. The highest BCUT2D eigenvalue weighted by Gasteiger charge is 2.39. The van der Waals surface area contributed by atoms with Crippen molar-refractivity contribution in [2.75, 3.05) is 32.8 Å². The number of benzene rings is 1. The van der Waals surface area contributed by atoms with Gasteiger partial charge in [0.2, 0.25) is 5.91 Å². The van der Waals surface area contributed by atoms with Crippen molar-refractivity contribution in [2.45, 2.75) is 94.9 Å². The molecule has 3 atom stereocenters. The average molecular weight is 688 g/mol. The van der Waals surface area contributed by atoms with Gasteiger partial charge in [-0.2, -0.15) is 0 Å². The summed E-state index contributed by atoms with van der Waals surface area (Å²) in [6.07, 6.45) is -0.952. The number of carbonyl (C=O) groups excluding carboxylic acids is 3. The lowest BCUT2D eigenvalue weighted by molar-refractivity contribution is -0.138. The lowest BCUT2D eigenvalue weighted by atomic mass is 10.1. The van der Waals surface area contributed by atoms with Crippen LogP contribution in [0, 0.1) is 0 Å². The van der Waals surface area contributed by atoms with Crippen molar-refractivity contribution in [3.8, 4) is 11.4 Å². The topological polar surface area (TPSA) is 151 Å². The second-order valence-electron chi connectivity index (χ2n) is 13.2. The van der Waals surface area contributed by atoms with E-state index in [1.165, 1.54) is 21.6 Å². The van der Waals surface area contributed by atoms with Crippen LogP contribution >= 0.6 is 11.8 Å². The Bertz CT molecular complexity index is 1400. The fraction of sp³-hybridized carbons (Fsp3) is 0.576. The molecule has 2 N–H and O–H groups in total. The van der Waals surface area contributed by atoms with Crippen LogP contribution in [0.5, 0.6) is 0 Å². The van der Waals surface area contributed by atoms with Crippen LogP contribution in [0.3, 0.4) is 0 Å². The number of carboxylic acids is 1. The zero-order valence-electron chi connectivity index (χ0n) is 28.7. The first-order valence-corrected chi connectivity index (χ1v) is 19.8. The molecule has 47 heavy (non-hydrogen) atoms. The maximum Gasteiger partial charge on any atom is 0.409 e. The molecule has 2 unspecified atom stereocenters. The maximum atomic E-state index is 13.7. The smallest absolute Gasteiger partial charge is 0.409 e. The van der Waals surface area contributed by atoms with Crippen LogP contribution in [0.1, 0.15) is 64.9 Å². The predicted octanol–water partition coefficient (Wildman–Crippen LogP) is 5.30. The molecular weight excluding hydrogens is 639 g/mol. The fourth-order valence-corrected chi connectivity index (χ4v) is 7.18. The summed E-state index contributed by atoms with van der Waals surface area (Å²) in [5.74, 6) is -1.76. The summed E-state index contributed by atoms with van der Waals surface area (Å²) in [5.41, 5.74) is 0.784. The number of ether oxygens (including phenoxy) is 1. The molecule has 14 heteroatoms. The quantitative estimate of drug-likeness (QED) is 0.161. The summed E-state index contributed by atoms with van der Waals surface area (Å²) in [6.45, 7) is 18.1. The van der Waals surface area contributed by atoms with Crippen molar-refractivity contribution in [2.24, 2.45) is 0 Å². The lowest BCUT2D eigenvalue weighted by Gasteiger charge is -2.39. The van der Waals surface area contributed by atoms with Crippen LogP contribution in [0.2, 0.25) is 18.1 Å². The molecule has 3 amide bonds. The number of aromatic nitrogens is 2. The van der Waals surface area contributed by atoms with E-state index in [4.69, 9.17) is 14.1 Å². The maximum absolute atomic E-state index is 13.7. The molecule has 1 aromatic heterocycles. The zero-order chi connectivity index (χ0) is 34.9. The van der Waals surface area contributed by atoms with E-state index >= 15 is 0 Å². The number of hydrogen-bond donors (Lipinski definition) is 2. The van der Waals surface area contributed by atoms with Gasteiger partial charge in [0.15, 0.2) is 14.1 Å².